The van der Waals surface area contributed by atoms with Crippen molar-refractivity contribution in [1.29, 1.82) is 0 Å². The molecule has 0 aliphatic rings. The Kier molecular flexibility index (Phi) is 4.16. The fourth-order valence-corrected chi connectivity index (χ4v) is 2.43. The van der Waals surface area contributed by atoms with Crippen LogP contribution >= 0.6 is 0 Å². The van der Waals surface area contributed by atoms with Gasteiger partial charge in [0.1, 0.15) is 11.2 Å². The standard InChI is InChI=1S/C19H20N4O/c1-14-11-12-23(22-14)19(2,3)18(24)17-10-9-16(13-20-17)21-15-7-5-4-6-8-15/h4-13,21H,1-3H3. The number of aromatic nitrogens is 3. The molecule has 0 spiro atoms. The predicted molar refractivity (Wildman–Crippen MR) is 94.6 cm³/mol. The van der Waals surface area contributed by atoms with E-state index in [1.807, 2.05) is 69.4 Å². The lowest BCUT2D eigenvalue weighted by Gasteiger charge is -2.23. The van der Waals surface area contributed by atoms with Gasteiger partial charge < -0.3 is 5.32 Å². The molecule has 0 amide bonds. The highest BCUT2D eigenvalue weighted by Gasteiger charge is 2.32. The average Bonchev–Trinajstić information content (AvgIpc) is 3.03. The third-order valence-electron chi connectivity index (χ3n) is 3.91. The fourth-order valence-electron chi connectivity index (χ4n) is 2.43. The molecule has 0 aliphatic heterocycles. The van der Waals surface area contributed by atoms with Crippen molar-refractivity contribution in [2.24, 2.45) is 0 Å². The highest BCUT2D eigenvalue weighted by Crippen LogP contribution is 2.21. The normalized spacial score (nSPS) is 11.3. The zero-order valence-corrected chi connectivity index (χ0v) is 14.0. The summed E-state index contributed by atoms with van der Waals surface area (Å²) in [5, 5.41) is 7.61. The number of carbonyl (C=O) groups is 1. The molecule has 3 rings (SSSR count). The summed E-state index contributed by atoms with van der Waals surface area (Å²) in [6.07, 6.45) is 3.49. The van der Waals surface area contributed by atoms with E-state index in [-0.39, 0.29) is 5.78 Å². The number of nitrogens with one attached hydrogen (secondary N) is 1. The Morgan fingerprint density at radius 3 is 2.38 bits per heavy atom. The predicted octanol–water partition coefficient (Wildman–Crippen LogP) is 3.95. The monoisotopic (exact) mass is 320 g/mol. The summed E-state index contributed by atoms with van der Waals surface area (Å²) in [6, 6.07) is 15.3. The molecule has 1 aromatic carbocycles. The molecule has 2 aromatic heterocycles. The van der Waals surface area contributed by atoms with Crippen molar-refractivity contribution < 1.29 is 4.79 Å². The van der Waals surface area contributed by atoms with E-state index in [9.17, 15) is 4.79 Å². The number of anilines is 2. The van der Waals surface area contributed by atoms with E-state index in [2.05, 4.69) is 15.4 Å². The van der Waals surface area contributed by atoms with Gasteiger partial charge in [-0.3, -0.25) is 14.5 Å². The van der Waals surface area contributed by atoms with Gasteiger partial charge in [0, 0.05) is 11.9 Å². The Morgan fingerprint density at radius 2 is 1.79 bits per heavy atom. The third-order valence-corrected chi connectivity index (χ3v) is 3.91. The summed E-state index contributed by atoms with van der Waals surface area (Å²) in [7, 11) is 0. The minimum atomic E-state index is -0.782. The van der Waals surface area contributed by atoms with Crippen LogP contribution < -0.4 is 5.32 Å². The number of benzene rings is 1. The zero-order valence-electron chi connectivity index (χ0n) is 14.0. The lowest BCUT2D eigenvalue weighted by Crippen LogP contribution is -2.37. The molecule has 0 aliphatic carbocycles. The van der Waals surface area contributed by atoms with E-state index >= 15 is 0 Å². The molecule has 24 heavy (non-hydrogen) atoms. The van der Waals surface area contributed by atoms with Crippen LogP contribution in [0.5, 0.6) is 0 Å². The van der Waals surface area contributed by atoms with Gasteiger partial charge in [-0.25, -0.2) is 0 Å². The van der Waals surface area contributed by atoms with Crippen LogP contribution in [0.4, 0.5) is 11.4 Å². The SMILES string of the molecule is Cc1ccn(C(C)(C)C(=O)c2ccc(Nc3ccccc3)cn2)n1. The van der Waals surface area contributed by atoms with Gasteiger partial charge in [0.15, 0.2) is 0 Å². The number of carbonyl (C=O) groups excluding carboxylic acids is 1. The first-order valence-corrected chi connectivity index (χ1v) is 7.82. The minimum Gasteiger partial charge on any atom is -0.354 e. The third kappa shape index (κ3) is 3.20. The maximum absolute atomic E-state index is 12.8. The molecule has 1 N–H and O–H groups in total. The number of hydrogen-bond acceptors (Lipinski definition) is 4. The molecule has 0 bridgehead atoms. The molecular formula is C19H20N4O. The van der Waals surface area contributed by atoms with Crippen LogP contribution in [0.1, 0.15) is 30.0 Å². The number of rotatable bonds is 5. The van der Waals surface area contributed by atoms with Crippen LogP contribution in [0.3, 0.4) is 0 Å². The van der Waals surface area contributed by atoms with Gasteiger partial charge >= 0.3 is 0 Å². The molecule has 122 valence electrons. The molecule has 2 heterocycles. The number of pyridine rings is 1. The van der Waals surface area contributed by atoms with Crippen molar-refractivity contribution in [2.45, 2.75) is 26.3 Å². The zero-order chi connectivity index (χ0) is 17.2. The van der Waals surface area contributed by atoms with Gasteiger partial charge in [0.05, 0.1) is 17.6 Å². The van der Waals surface area contributed by atoms with Crippen molar-refractivity contribution in [3.8, 4) is 0 Å². The quantitative estimate of drug-likeness (QED) is 0.723. The number of hydrogen-bond donors (Lipinski definition) is 1. The van der Waals surface area contributed by atoms with Gasteiger partial charge in [-0.15, -0.1) is 0 Å². The lowest BCUT2D eigenvalue weighted by molar-refractivity contribution is 0.0828. The van der Waals surface area contributed by atoms with Crippen molar-refractivity contribution in [2.75, 3.05) is 5.32 Å². The second-order valence-electron chi connectivity index (χ2n) is 6.21. The van der Waals surface area contributed by atoms with E-state index < -0.39 is 5.54 Å². The molecular weight excluding hydrogens is 300 g/mol. The van der Waals surface area contributed by atoms with Gasteiger partial charge in [-0.05, 0) is 51.1 Å². The maximum atomic E-state index is 12.8. The second kappa shape index (κ2) is 6.28. The van der Waals surface area contributed by atoms with Crippen LogP contribution in [0.2, 0.25) is 0 Å². The molecule has 0 unspecified atom stereocenters. The van der Waals surface area contributed by atoms with E-state index in [0.717, 1.165) is 17.1 Å². The fraction of sp³-hybridized carbons (Fsp3) is 0.211. The molecule has 0 saturated carbocycles. The Labute approximate surface area is 141 Å². The van der Waals surface area contributed by atoms with Gasteiger partial charge in [-0.2, -0.15) is 5.10 Å². The number of aryl methyl sites for hydroxylation is 1. The highest BCUT2D eigenvalue weighted by atomic mass is 16.1. The molecule has 5 nitrogen and oxygen atoms in total. The van der Waals surface area contributed by atoms with Gasteiger partial charge in [0.25, 0.3) is 0 Å². The Hall–Kier alpha value is -2.95. The number of para-hydroxylation sites is 1. The average molecular weight is 320 g/mol. The lowest BCUT2D eigenvalue weighted by atomic mass is 9.96. The van der Waals surface area contributed by atoms with Crippen LogP contribution in [0.25, 0.3) is 0 Å². The number of nitrogens with zero attached hydrogens (tertiary/aromatic N) is 3. The molecule has 5 heteroatoms. The van der Waals surface area contributed by atoms with E-state index in [1.165, 1.54) is 0 Å². The number of ketones is 1. The van der Waals surface area contributed by atoms with Gasteiger partial charge in [0.2, 0.25) is 5.78 Å². The first-order valence-electron chi connectivity index (χ1n) is 7.82. The summed E-state index contributed by atoms with van der Waals surface area (Å²) < 4.78 is 1.68. The molecule has 0 saturated heterocycles. The van der Waals surface area contributed by atoms with Gasteiger partial charge in [-0.1, -0.05) is 18.2 Å². The number of Topliss-reactive ketones (excluding diaryl/α,β-unsaturated/α-hetero) is 1. The van der Waals surface area contributed by atoms with Crippen molar-refractivity contribution >= 4 is 17.2 Å². The minimum absolute atomic E-state index is 0.0724. The highest BCUT2D eigenvalue weighted by molar-refractivity contribution is 5.99. The molecule has 0 fully saturated rings. The summed E-state index contributed by atoms with van der Waals surface area (Å²) in [5.74, 6) is -0.0724. The molecule has 0 atom stereocenters. The Balaban J connectivity index is 1.78. The van der Waals surface area contributed by atoms with E-state index in [0.29, 0.717) is 5.69 Å². The first kappa shape index (κ1) is 15.9. The molecule has 3 aromatic rings. The largest absolute Gasteiger partial charge is 0.354 e. The van der Waals surface area contributed by atoms with Crippen LogP contribution in [0.15, 0.2) is 60.9 Å². The first-order chi connectivity index (χ1) is 11.5. The summed E-state index contributed by atoms with van der Waals surface area (Å²) in [5.41, 5.74) is 2.34. The smallest absolute Gasteiger partial charge is 0.208 e. The van der Waals surface area contributed by atoms with Crippen LogP contribution in [0, 0.1) is 6.92 Å². The van der Waals surface area contributed by atoms with E-state index in [1.54, 1.807) is 16.9 Å². The Morgan fingerprint density at radius 1 is 1.04 bits per heavy atom. The van der Waals surface area contributed by atoms with Crippen molar-refractivity contribution in [1.82, 2.24) is 14.8 Å². The van der Waals surface area contributed by atoms with E-state index in [4.69, 9.17) is 0 Å². The summed E-state index contributed by atoms with van der Waals surface area (Å²) >= 11 is 0. The summed E-state index contributed by atoms with van der Waals surface area (Å²) in [6.45, 7) is 5.60. The molecule has 0 radical (unpaired) electrons. The topological polar surface area (TPSA) is 59.8 Å². The maximum Gasteiger partial charge on any atom is 0.208 e. The van der Waals surface area contributed by atoms with Crippen molar-refractivity contribution in [3.63, 3.8) is 0 Å². The summed E-state index contributed by atoms with van der Waals surface area (Å²) in [4.78, 5) is 17.1. The van der Waals surface area contributed by atoms with Crippen LogP contribution in [-0.4, -0.2) is 20.5 Å². The van der Waals surface area contributed by atoms with Crippen molar-refractivity contribution in [3.05, 3.63) is 72.3 Å². The second-order valence-corrected chi connectivity index (χ2v) is 6.21. The van der Waals surface area contributed by atoms with Crippen LogP contribution in [-0.2, 0) is 5.54 Å². The Bertz CT molecular complexity index is 835.